The highest BCUT2D eigenvalue weighted by Gasteiger charge is 2.22. The van der Waals surface area contributed by atoms with Crippen LogP contribution in [0.2, 0.25) is 5.02 Å². The maximum Gasteiger partial charge on any atom is 0.258 e. The maximum absolute atomic E-state index is 12.6. The molecule has 24 heavy (non-hydrogen) atoms. The highest BCUT2D eigenvalue weighted by Crippen LogP contribution is 2.29. The molecule has 1 aliphatic rings. The minimum Gasteiger partial charge on any atom is -0.455 e. The number of carbonyl (C=O) groups excluding carboxylic acids is 1. The molecular formula is C19H16ClNO3. The van der Waals surface area contributed by atoms with Crippen LogP contribution in [0, 0.1) is 0 Å². The van der Waals surface area contributed by atoms with E-state index in [1.54, 1.807) is 24.3 Å². The van der Waals surface area contributed by atoms with E-state index in [9.17, 15) is 9.59 Å². The third kappa shape index (κ3) is 3.19. The normalized spacial score (nSPS) is 13.5. The van der Waals surface area contributed by atoms with Gasteiger partial charge in [-0.2, -0.15) is 0 Å². The van der Waals surface area contributed by atoms with E-state index in [0.29, 0.717) is 23.0 Å². The standard InChI is InChI=1S/C19H16ClNO3/c1-21-19(23)17-15(22)11-16(12-7-9-14(20)10-8-12)24-18(17)13-5-3-2-4-6-13/h2-3,5,7-11H,4,6H2,1H3,(H,21,23). The van der Waals surface area contributed by atoms with Gasteiger partial charge in [0.2, 0.25) is 0 Å². The molecule has 122 valence electrons. The molecule has 1 aromatic carbocycles. The fourth-order valence-corrected chi connectivity index (χ4v) is 2.73. The van der Waals surface area contributed by atoms with Crippen molar-refractivity contribution in [1.82, 2.24) is 5.32 Å². The first-order valence-electron chi connectivity index (χ1n) is 7.62. The van der Waals surface area contributed by atoms with Crippen LogP contribution in [-0.2, 0) is 0 Å². The van der Waals surface area contributed by atoms with Crippen LogP contribution in [0.3, 0.4) is 0 Å². The van der Waals surface area contributed by atoms with Gasteiger partial charge in [-0.25, -0.2) is 0 Å². The molecule has 3 rings (SSSR count). The highest BCUT2D eigenvalue weighted by molar-refractivity contribution is 6.30. The van der Waals surface area contributed by atoms with Gasteiger partial charge in [-0.15, -0.1) is 0 Å². The molecule has 0 radical (unpaired) electrons. The summed E-state index contributed by atoms with van der Waals surface area (Å²) in [4.78, 5) is 24.7. The third-order valence-electron chi connectivity index (χ3n) is 3.84. The first kappa shape index (κ1) is 16.3. The molecular weight excluding hydrogens is 326 g/mol. The van der Waals surface area contributed by atoms with Crippen LogP contribution in [0.1, 0.15) is 29.0 Å². The number of halogens is 1. The molecule has 5 heteroatoms. The Labute approximate surface area is 144 Å². The van der Waals surface area contributed by atoms with Gasteiger partial charge in [0.25, 0.3) is 5.91 Å². The molecule has 0 unspecified atom stereocenters. The molecule has 4 nitrogen and oxygen atoms in total. The first-order valence-corrected chi connectivity index (χ1v) is 8.00. The number of hydrogen-bond acceptors (Lipinski definition) is 3. The summed E-state index contributed by atoms with van der Waals surface area (Å²) in [5, 5.41) is 3.11. The molecule has 0 bridgehead atoms. The van der Waals surface area contributed by atoms with Crippen LogP contribution in [0.5, 0.6) is 0 Å². The molecule has 1 N–H and O–H groups in total. The molecule has 0 fully saturated rings. The van der Waals surface area contributed by atoms with Crippen molar-refractivity contribution in [2.45, 2.75) is 12.8 Å². The van der Waals surface area contributed by atoms with Crippen molar-refractivity contribution >= 4 is 23.1 Å². The molecule has 0 spiro atoms. The second-order valence-corrected chi connectivity index (χ2v) is 5.86. The van der Waals surface area contributed by atoms with Gasteiger partial charge < -0.3 is 9.73 Å². The van der Waals surface area contributed by atoms with Crippen molar-refractivity contribution in [3.05, 3.63) is 75.1 Å². The lowest BCUT2D eigenvalue weighted by molar-refractivity contribution is 0.0959. The zero-order valence-corrected chi connectivity index (χ0v) is 13.9. The first-order chi connectivity index (χ1) is 11.6. The molecule has 2 aromatic rings. The number of hydrogen-bond donors (Lipinski definition) is 1. The van der Waals surface area contributed by atoms with Crippen molar-refractivity contribution in [2.24, 2.45) is 0 Å². The monoisotopic (exact) mass is 341 g/mol. The van der Waals surface area contributed by atoms with Gasteiger partial charge in [-0.1, -0.05) is 29.8 Å². The van der Waals surface area contributed by atoms with E-state index in [0.717, 1.165) is 17.6 Å². The predicted octanol–water partition coefficient (Wildman–Crippen LogP) is 4.05. The summed E-state index contributed by atoms with van der Waals surface area (Å²) in [6.07, 6.45) is 7.37. The second-order valence-electron chi connectivity index (χ2n) is 5.42. The Bertz CT molecular complexity index is 892. The minimum absolute atomic E-state index is 0.0387. The summed E-state index contributed by atoms with van der Waals surface area (Å²) >= 11 is 5.91. The van der Waals surface area contributed by atoms with E-state index in [2.05, 4.69) is 5.32 Å². The largest absolute Gasteiger partial charge is 0.455 e. The predicted molar refractivity (Wildman–Crippen MR) is 95.2 cm³/mol. The summed E-state index contributed by atoms with van der Waals surface area (Å²) in [5.74, 6) is 0.294. The SMILES string of the molecule is CNC(=O)c1c(C2=CC=CCC2)oc(-c2ccc(Cl)cc2)cc1=O. The van der Waals surface area contributed by atoms with Gasteiger partial charge in [-0.3, -0.25) is 9.59 Å². The van der Waals surface area contributed by atoms with Gasteiger partial charge in [0, 0.05) is 23.7 Å². The molecule has 1 amide bonds. The van der Waals surface area contributed by atoms with Crippen LogP contribution in [0.25, 0.3) is 16.9 Å². The van der Waals surface area contributed by atoms with Crippen molar-refractivity contribution in [3.63, 3.8) is 0 Å². The Hall–Kier alpha value is -2.59. The van der Waals surface area contributed by atoms with Crippen molar-refractivity contribution < 1.29 is 9.21 Å². The summed E-state index contributed by atoms with van der Waals surface area (Å²) < 4.78 is 5.97. The number of carbonyl (C=O) groups is 1. The zero-order valence-electron chi connectivity index (χ0n) is 13.1. The van der Waals surface area contributed by atoms with Gasteiger partial charge in [0.05, 0.1) is 0 Å². The smallest absolute Gasteiger partial charge is 0.258 e. The number of amides is 1. The lowest BCUT2D eigenvalue weighted by Crippen LogP contribution is -2.27. The Morgan fingerprint density at radius 2 is 2.00 bits per heavy atom. The Morgan fingerprint density at radius 1 is 1.25 bits per heavy atom. The fourth-order valence-electron chi connectivity index (χ4n) is 2.61. The minimum atomic E-state index is -0.447. The lowest BCUT2D eigenvalue weighted by atomic mass is 9.98. The van der Waals surface area contributed by atoms with Gasteiger partial charge in [0.15, 0.2) is 5.43 Å². The van der Waals surface area contributed by atoms with Crippen LogP contribution in [0.15, 0.2) is 57.8 Å². The van der Waals surface area contributed by atoms with Crippen LogP contribution < -0.4 is 10.7 Å². The Morgan fingerprint density at radius 3 is 2.62 bits per heavy atom. The van der Waals surface area contributed by atoms with E-state index in [1.807, 2.05) is 18.2 Å². The van der Waals surface area contributed by atoms with Crippen LogP contribution >= 0.6 is 11.6 Å². The van der Waals surface area contributed by atoms with Crippen molar-refractivity contribution in [3.8, 4) is 11.3 Å². The molecule has 1 aromatic heterocycles. The quantitative estimate of drug-likeness (QED) is 0.916. The maximum atomic E-state index is 12.6. The van der Waals surface area contributed by atoms with E-state index in [4.69, 9.17) is 16.0 Å². The van der Waals surface area contributed by atoms with Gasteiger partial charge >= 0.3 is 0 Å². The zero-order chi connectivity index (χ0) is 17.1. The van der Waals surface area contributed by atoms with Crippen molar-refractivity contribution in [1.29, 1.82) is 0 Å². The molecule has 0 saturated carbocycles. The Balaban J connectivity index is 2.21. The van der Waals surface area contributed by atoms with Crippen LogP contribution in [-0.4, -0.2) is 13.0 Å². The Kier molecular flexibility index (Phi) is 4.67. The average molecular weight is 342 g/mol. The molecule has 0 aliphatic heterocycles. The van der Waals surface area contributed by atoms with E-state index in [1.165, 1.54) is 13.1 Å². The van der Waals surface area contributed by atoms with Crippen molar-refractivity contribution in [2.75, 3.05) is 7.05 Å². The van der Waals surface area contributed by atoms with Gasteiger partial charge in [-0.05, 0) is 42.7 Å². The number of allylic oxidation sites excluding steroid dienone is 4. The lowest BCUT2D eigenvalue weighted by Gasteiger charge is -2.13. The molecule has 0 saturated heterocycles. The van der Waals surface area contributed by atoms with E-state index < -0.39 is 5.91 Å². The third-order valence-corrected chi connectivity index (χ3v) is 4.09. The van der Waals surface area contributed by atoms with Crippen LogP contribution in [0.4, 0.5) is 0 Å². The summed E-state index contributed by atoms with van der Waals surface area (Å²) in [7, 11) is 1.49. The topological polar surface area (TPSA) is 59.3 Å². The van der Waals surface area contributed by atoms with Gasteiger partial charge in [0.1, 0.15) is 17.1 Å². The van der Waals surface area contributed by atoms with E-state index in [-0.39, 0.29) is 11.0 Å². The fraction of sp³-hybridized carbons (Fsp3) is 0.158. The number of nitrogens with one attached hydrogen (secondary N) is 1. The molecule has 1 heterocycles. The average Bonchev–Trinajstić information content (AvgIpc) is 2.62. The molecule has 0 atom stereocenters. The number of rotatable bonds is 3. The highest BCUT2D eigenvalue weighted by atomic mass is 35.5. The molecule has 1 aliphatic carbocycles. The summed E-state index contributed by atoms with van der Waals surface area (Å²) in [6, 6.07) is 8.35. The van der Waals surface area contributed by atoms with E-state index >= 15 is 0 Å². The number of benzene rings is 1. The summed E-state index contributed by atoms with van der Waals surface area (Å²) in [5.41, 5.74) is 1.24. The second kappa shape index (κ2) is 6.89. The summed E-state index contributed by atoms with van der Waals surface area (Å²) in [6.45, 7) is 0.